The predicted octanol–water partition coefficient (Wildman–Crippen LogP) is 0.690. The number of nitro groups is 1. The van der Waals surface area contributed by atoms with Crippen LogP contribution >= 0.6 is 0 Å². The van der Waals surface area contributed by atoms with Crippen LogP contribution in [0.2, 0.25) is 0 Å². The molecular weight excluding hydrogens is 212 g/mol. The Labute approximate surface area is 91.4 Å². The number of rotatable bonds is 5. The number of nitrogens with two attached hydrogens (primary N) is 1. The van der Waals surface area contributed by atoms with Crippen molar-refractivity contribution in [1.82, 2.24) is 9.78 Å². The van der Waals surface area contributed by atoms with E-state index in [-0.39, 0.29) is 11.5 Å². The number of aromatic nitrogens is 2. The monoisotopic (exact) mass is 224 g/mol. The molecule has 7 heteroatoms. The fourth-order valence-electron chi connectivity index (χ4n) is 1.55. The first-order chi connectivity index (χ1) is 7.58. The molecule has 86 valence electrons. The van der Waals surface area contributed by atoms with Crippen LogP contribution in [-0.2, 0) is 6.54 Å². The molecule has 7 nitrogen and oxygen atoms in total. The van der Waals surface area contributed by atoms with Crippen molar-refractivity contribution in [2.24, 2.45) is 11.7 Å². The molecule has 16 heavy (non-hydrogen) atoms. The van der Waals surface area contributed by atoms with Crippen molar-refractivity contribution in [2.45, 2.75) is 25.8 Å². The van der Waals surface area contributed by atoms with Crippen LogP contribution in [0.5, 0.6) is 0 Å². The lowest BCUT2D eigenvalue weighted by Crippen LogP contribution is -2.12. The number of aryl methyl sites for hydroxylation is 1. The van der Waals surface area contributed by atoms with E-state index in [9.17, 15) is 14.9 Å². The highest BCUT2D eigenvalue weighted by Crippen LogP contribution is 2.33. The predicted molar refractivity (Wildman–Crippen MR) is 54.7 cm³/mol. The molecule has 1 amide bonds. The van der Waals surface area contributed by atoms with Gasteiger partial charge >= 0.3 is 5.82 Å². The maximum atomic E-state index is 10.9. The van der Waals surface area contributed by atoms with E-state index in [4.69, 9.17) is 5.73 Å². The van der Waals surface area contributed by atoms with Crippen LogP contribution in [0.15, 0.2) is 6.07 Å². The Morgan fingerprint density at radius 3 is 2.88 bits per heavy atom. The molecule has 0 unspecified atom stereocenters. The Bertz CT molecular complexity index is 436. The topological polar surface area (TPSA) is 104 Å². The Morgan fingerprint density at radius 1 is 1.69 bits per heavy atom. The van der Waals surface area contributed by atoms with E-state index in [0.29, 0.717) is 12.5 Å². The minimum absolute atomic E-state index is 0.0532. The summed E-state index contributed by atoms with van der Waals surface area (Å²) in [6.07, 6.45) is 3.22. The zero-order chi connectivity index (χ0) is 11.7. The fourth-order valence-corrected chi connectivity index (χ4v) is 1.55. The highest BCUT2D eigenvalue weighted by Gasteiger charge is 2.25. The van der Waals surface area contributed by atoms with Crippen molar-refractivity contribution < 1.29 is 9.72 Å². The fraction of sp³-hybridized carbons (Fsp3) is 0.556. The molecule has 1 saturated carbocycles. The van der Waals surface area contributed by atoms with Gasteiger partial charge in [-0.05, 0) is 17.3 Å². The first-order valence-corrected chi connectivity index (χ1v) is 5.10. The van der Waals surface area contributed by atoms with Crippen LogP contribution in [0.25, 0.3) is 0 Å². The summed E-state index contributed by atoms with van der Waals surface area (Å²) in [7, 11) is 0. The van der Waals surface area contributed by atoms with Gasteiger partial charge in [0, 0.05) is 0 Å². The minimum Gasteiger partial charge on any atom is -0.364 e. The quantitative estimate of drug-likeness (QED) is 0.586. The van der Waals surface area contributed by atoms with E-state index >= 15 is 0 Å². The Morgan fingerprint density at radius 2 is 2.38 bits per heavy atom. The molecule has 0 aliphatic heterocycles. The first kappa shape index (κ1) is 10.6. The molecular formula is C9H12N4O3. The molecule has 0 radical (unpaired) electrons. The van der Waals surface area contributed by atoms with Gasteiger partial charge in [-0.3, -0.25) is 4.79 Å². The van der Waals surface area contributed by atoms with Crippen molar-refractivity contribution in [3.8, 4) is 0 Å². The van der Waals surface area contributed by atoms with Crippen molar-refractivity contribution in [2.75, 3.05) is 0 Å². The zero-order valence-corrected chi connectivity index (χ0v) is 8.63. The van der Waals surface area contributed by atoms with Crippen LogP contribution in [0.1, 0.15) is 29.8 Å². The molecule has 1 fully saturated rings. The van der Waals surface area contributed by atoms with Gasteiger partial charge in [-0.2, -0.15) is 0 Å². The van der Waals surface area contributed by atoms with Crippen molar-refractivity contribution in [3.05, 3.63) is 21.9 Å². The summed E-state index contributed by atoms with van der Waals surface area (Å²) < 4.78 is 1.25. The van der Waals surface area contributed by atoms with Crippen LogP contribution in [-0.4, -0.2) is 20.6 Å². The average Bonchev–Trinajstić information content (AvgIpc) is 2.92. The number of hydrogen-bond donors (Lipinski definition) is 1. The number of carbonyl (C=O) groups excluding carboxylic acids is 1. The van der Waals surface area contributed by atoms with E-state index in [2.05, 4.69) is 5.10 Å². The van der Waals surface area contributed by atoms with Gasteiger partial charge in [-0.25, -0.2) is 0 Å². The summed E-state index contributed by atoms with van der Waals surface area (Å²) in [5.41, 5.74) is 4.97. The highest BCUT2D eigenvalue weighted by atomic mass is 16.6. The SMILES string of the molecule is NC(=O)c1cc([N+](=O)[O-])n(CCC2CC2)n1. The Hall–Kier alpha value is -1.92. The molecule has 0 saturated heterocycles. The molecule has 1 aromatic heterocycles. The van der Waals surface area contributed by atoms with E-state index in [1.165, 1.54) is 17.5 Å². The third-order valence-electron chi connectivity index (χ3n) is 2.64. The second-order valence-corrected chi connectivity index (χ2v) is 3.96. The summed E-state index contributed by atoms with van der Waals surface area (Å²) in [5, 5.41) is 14.5. The Balaban J connectivity index is 2.18. The van der Waals surface area contributed by atoms with Gasteiger partial charge in [-0.15, -0.1) is 4.68 Å². The molecule has 0 atom stereocenters. The van der Waals surface area contributed by atoms with Crippen molar-refractivity contribution in [1.29, 1.82) is 0 Å². The number of nitrogens with zero attached hydrogens (tertiary/aromatic N) is 3. The van der Waals surface area contributed by atoms with Crippen LogP contribution in [0.4, 0.5) is 5.82 Å². The number of hydrogen-bond acceptors (Lipinski definition) is 4. The maximum Gasteiger partial charge on any atom is 0.345 e. The molecule has 1 aliphatic carbocycles. The molecule has 2 N–H and O–H groups in total. The smallest absolute Gasteiger partial charge is 0.345 e. The molecule has 1 aromatic rings. The largest absolute Gasteiger partial charge is 0.364 e. The lowest BCUT2D eigenvalue weighted by atomic mass is 10.3. The summed E-state index contributed by atoms with van der Waals surface area (Å²) in [5.74, 6) is -0.261. The minimum atomic E-state index is -0.742. The van der Waals surface area contributed by atoms with Gasteiger partial charge in [0.2, 0.25) is 0 Å². The lowest BCUT2D eigenvalue weighted by Gasteiger charge is -1.97. The average molecular weight is 224 g/mol. The van der Waals surface area contributed by atoms with Crippen molar-refractivity contribution in [3.63, 3.8) is 0 Å². The van der Waals surface area contributed by atoms with Crippen molar-refractivity contribution >= 4 is 11.7 Å². The normalized spacial score (nSPS) is 15.0. The highest BCUT2D eigenvalue weighted by molar-refractivity contribution is 5.91. The third-order valence-corrected chi connectivity index (χ3v) is 2.64. The number of carbonyl (C=O) groups is 1. The van der Waals surface area contributed by atoms with Crippen LogP contribution in [0, 0.1) is 16.0 Å². The third kappa shape index (κ3) is 2.18. The summed E-state index contributed by atoms with van der Waals surface area (Å²) in [4.78, 5) is 21.0. The summed E-state index contributed by atoms with van der Waals surface area (Å²) >= 11 is 0. The summed E-state index contributed by atoms with van der Waals surface area (Å²) in [6.45, 7) is 0.467. The zero-order valence-electron chi connectivity index (χ0n) is 8.63. The summed E-state index contributed by atoms with van der Waals surface area (Å²) in [6, 6.07) is 1.12. The van der Waals surface area contributed by atoms with Gasteiger partial charge in [0.15, 0.2) is 5.69 Å². The molecule has 1 heterocycles. The van der Waals surface area contributed by atoms with E-state index in [1.807, 2.05) is 0 Å². The van der Waals surface area contributed by atoms with Gasteiger partial charge in [0.05, 0.1) is 6.07 Å². The molecule has 0 aromatic carbocycles. The maximum absolute atomic E-state index is 10.9. The first-order valence-electron chi connectivity index (χ1n) is 5.10. The van der Waals surface area contributed by atoms with Gasteiger partial charge < -0.3 is 15.8 Å². The van der Waals surface area contributed by atoms with Gasteiger partial charge in [0.25, 0.3) is 5.91 Å². The van der Waals surface area contributed by atoms with Crippen LogP contribution < -0.4 is 5.73 Å². The van der Waals surface area contributed by atoms with Gasteiger partial charge in [0.1, 0.15) is 6.54 Å². The standard InChI is InChI=1S/C9H12N4O3/c10-9(14)7-5-8(13(15)16)12(11-7)4-3-6-1-2-6/h5-6H,1-4H2,(H2,10,14). The molecule has 2 rings (SSSR count). The van der Waals surface area contributed by atoms with E-state index in [1.54, 1.807) is 0 Å². The van der Waals surface area contributed by atoms with E-state index in [0.717, 1.165) is 12.5 Å². The number of primary amides is 1. The Kier molecular flexibility index (Phi) is 2.59. The second kappa shape index (κ2) is 3.92. The molecule has 0 bridgehead atoms. The van der Waals surface area contributed by atoms with E-state index < -0.39 is 10.8 Å². The second-order valence-electron chi connectivity index (χ2n) is 3.96. The van der Waals surface area contributed by atoms with Gasteiger partial charge in [-0.1, -0.05) is 17.9 Å². The molecule has 0 spiro atoms. The number of amides is 1. The molecule has 1 aliphatic rings. The van der Waals surface area contributed by atoms with Crippen LogP contribution in [0.3, 0.4) is 0 Å². The lowest BCUT2D eigenvalue weighted by molar-refractivity contribution is -0.392.